The Kier molecular flexibility index (Phi) is 3.98. The Morgan fingerprint density at radius 2 is 2.04 bits per heavy atom. The van der Waals surface area contributed by atoms with Gasteiger partial charge in [0, 0.05) is 12.2 Å². The van der Waals surface area contributed by atoms with Crippen molar-refractivity contribution < 1.29 is 9.18 Å². The van der Waals surface area contributed by atoms with Gasteiger partial charge in [-0.3, -0.25) is 9.20 Å². The molecule has 0 aliphatic heterocycles. The molecule has 1 aliphatic rings. The number of nitrogens with one attached hydrogen (secondary N) is 1. The number of amides is 1. The number of carbonyl (C=O) groups excluding carboxylic acids is 1. The van der Waals surface area contributed by atoms with Gasteiger partial charge in [0.15, 0.2) is 5.16 Å². The van der Waals surface area contributed by atoms with Gasteiger partial charge in [-0.2, -0.15) is 0 Å². The third-order valence-electron chi connectivity index (χ3n) is 3.96. The number of nitrogens with zero attached hydrogens (tertiary/aromatic N) is 2. The molecule has 0 spiro atoms. The third kappa shape index (κ3) is 3.14. The predicted octanol–water partition coefficient (Wildman–Crippen LogP) is 3.59. The fourth-order valence-corrected chi connectivity index (χ4v) is 3.60. The lowest BCUT2D eigenvalue weighted by Gasteiger charge is -2.16. The molecule has 1 N–H and O–H groups in total. The molecule has 1 saturated carbocycles. The van der Waals surface area contributed by atoms with Crippen LogP contribution in [0.1, 0.15) is 23.7 Å². The minimum atomic E-state index is -0.461. The normalized spacial score (nSPS) is 15.4. The van der Waals surface area contributed by atoms with E-state index in [1.54, 1.807) is 18.3 Å². The second-order valence-corrected chi connectivity index (χ2v) is 6.94. The highest BCUT2D eigenvalue weighted by atomic mass is 32.2. The Bertz CT molecular complexity index is 873. The summed E-state index contributed by atoms with van der Waals surface area (Å²) in [6.45, 7) is 0. The van der Waals surface area contributed by atoms with Crippen LogP contribution < -0.4 is 5.32 Å². The van der Waals surface area contributed by atoms with E-state index in [0.717, 1.165) is 29.1 Å². The van der Waals surface area contributed by atoms with Gasteiger partial charge < -0.3 is 5.32 Å². The van der Waals surface area contributed by atoms with Gasteiger partial charge in [-0.25, -0.2) is 9.37 Å². The number of benzene rings is 1. The molecule has 0 radical (unpaired) electrons. The minimum Gasteiger partial charge on any atom is -0.352 e. The van der Waals surface area contributed by atoms with E-state index in [1.165, 1.54) is 23.9 Å². The Balaban J connectivity index is 1.66. The van der Waals surface area contributed by atoms with Gasteiger partial charge in [-0.1, -0.05) is 30.0 Å². The number of aromatic nitrogens is 2. The van der Waals surface area contributed by atoms with Crippen molar-refractivity contribution in [2.24, 2.45) is 0 Å². The standard InChI is InChI=1S/C18H16FN3OS/c19-13-6-4-12(5-7-13)16(17(23)21-14-8-9-14)24-18-20-11-15-3-1-2-10-22(15)18/h1-7,10-11,14,16H,8-9H2,(H,21,23)/t16-/m0/s1. The number of fused-ring (bicyclic) bond motifs is 1. The second-order valence-electron chi connectivity index (χ2n) is 5.87. The lowest BCUT2D eigenvalue weighted by atomic mass is 10.1. The van der Waals surface area contributed by atoms with Gasteiger partial charge >= 0.3 is 0 Å². The van der Waals surface area contributed by atoms with E-state index >= 15 is 0 Å². The highest BCUT2D eigenvalue weighted by Gasteiger charge is 2.30. The Morgan fingerprint density at radius 3 is 2.79 bits per heavy atom. The number of imidazole rings is 1. The molecule has 2 aromatic heterocycles. The van der Waals surface area contributed by atoms with Crippen LogP contribution >= 0.6 is 11.8 Å². The molecular weight excluding hydrogens is 325 g/mol. The zero-order chi connectivity index (χ0) is 16.5. The van der Waals surface area contributed by atoms with Gasteiger partial charge in [-0.15, -0.1) is 0 Å². The van der Waals surface area contributed by atoms with Crippen LogP contribution in [0.25, 0.3) is 5.52 Å². The van der Waals surface area contributed by atoms with Gasteiger partial charge in [0.1, 0.15) is 11.1 Å². The molecule has 4 rings (SSSR count). The molecule has 0 saturated heterocycles. The van der Waals surface area contributed by atoms with Crippen molar-refractivity contribution in [3.8, 4) is 0 Å². The summed E-state index contributed by atoms with van der Waals surface area (Å²) in [4.78, 5) is 17.1. The molecule has 1 aromatic carbocycles. The highest BCUT2D eigenvalue weighted by molar-refractivity contribution is 8.00. The number of rotatable bonds is 5. The third-order valence-corrected chi connectivity index (χ3v) is 5.20. The molecule has 6 heteroatoms. The first-order chi connectivity index (χ1) is 11.7. The van der Waals surface area contributed by atoms with E-state index in [1.807, 2.05) is 28.8 Å². The average molecular weight is 341 g/mol. The minimum absolute atomic E-state index is 0.0539. The highest BCUT2D eigenvalue weighted by Crippen LogP contribution is 2.36. The fourth-order valence-electron chi connectivity index (χ4n) is 2.53. The van der Waals surface area contributed by atoms with Crippen molar-refractivity contribution in [2.45, 2.75) is 29.3 Å². The topological polar surface area (TPSA) is 46.4 Å². The molecule has 1 aliphatic carbocycles. The van der Waals surface area contributed by atoms with Gasteiger partial charge in [0.2, 0.25) is 5.91 Å². The van der Waals surface area contributed by atoms with Crippen LogP contribution in [0.15, 0.2) is 60.0 Å². The van der Waals surface area contributed by atoms with Crippen LogP contribution in [0.5, 0.6) is 0 Å². The van der Waals surface area contributed by atoms with Crippen molar-refractivity contribution in [2.75, 3.05) is 0 Å². The number of halogens is 1. The van der Waals surface area contributed by atoms with Crippen LogP contribution in [0.4, 0.5) is 4.39 Å². The molecule has 1 amide bonds. The van der Waals surface area contributed by atoms with Crippen molar-refractivity contribution in [1.82, 2.24) is 14.7 Å². The smallest absolute Gasteiger partial charge is 0.238 e. The van der Waals surface area contributed by atoms with E-state index in [0.29, 0.717) is 0 Å². The van der Waals surface area contributed by atoms with Crippen LogP contribution in [-0.2, 0) is 4.79 Å². The Morgan fingerprint density at radius 1 is 1.25 bits per heavy atom. The first kappa shape index (κ1) is 15.2. The molecule has 1 fully saturated rings. The van der Waals surface area contributed by atoms with Gasteiger partial charge in [-0.05, 0) is 42.7 Å². The number of carbonyl (C=O) groups is 1. The molecule has 4 nitrogen and oxygen atoms in total. The van der Waals surface area contributed by atoms with Crippen molar-refractivity contribution >= 4 is 23.2 Å². The molecule has 2 heterocycles. The monoisotopic (exact) mass is 341 g/mol. The van der Waals surface area contributed by atoms with E-state index < -0.39 is 5.25 Å². The average Bonchev–Trinajstić information content (AvgIpc) is 3.32. The summed E-state index contributed by atoms with van der Waals surface area (Å²) in [5.41, 5.74) is 1.74. The van der Waals surface area contributed by atoms with Crippen LogP contribution in [0.2, 0.25) is 0 Å². The quantitative estimate of drug-likeness (QED) is 0.722. The first-order valence-electron chi connectivity index (χ1n) is 7.85. The lowest BCUT2D eigenvalue weighted by Crippen LogP contribution is -2.29. The maximum absolute atomic E-state index is 13.2. The molecule has 3 aromatic rings. The molecule has 24 heavy (non-hydrogen) atoms. The number of thioether (sulfide) groups is 1. The zero-order valence-corrected chi connectivity index (χ0v) is 13.7. The maximum atomic E-state index is 13.2. The van der Waals surface area contributed by atoms with E-state index in [4.69, 9.17) is 0 Å². The predicted molar refractivity (Wildman–Crippen MR) is 91.4 cm³/mol. The van der Waals surface area contributed by atoms with Crippen molar-refractivity contribution in [3.05, 3.63) is 66.2 Å². The number of hydrogen-bond acceptors (Lipinski definition) is 3. The summed E-state index contributed by atoms with van der Waals surface area (Å²) in [7, 11) is 0. The summed E-state index contributed by atoms with van der Waals surface area (Å²) in [5, 5.41) is 3.32. The summed E-state index contributed by atoms with van der Waals surface area (Å²) in [6.07, 6.45) is 5.76. The Hall–Kier alpha value is -2.34. The number of hydrogen-bond donors (Lipinski definition) is 1. The van der Waals surface area contributed by atoms with E-state index in [-0.39, 0.29) is 17.8 Å². The maximum Gasteiger partial charge on any atom is 0.238 e. The fraction of sp³-hybridized carbons (Fsp3) is 0.222. The van der Waals surface area contributed by atoms with Crippen LogP contribution in [0, 0.1) is 5.82 Å². The zero-order valence-electron chi connectivity index (χ0n) is 12.9. The SMILES string of the molecule is O=C(NC1CC1)[C@@H](Sc1ncc2ccccn12)c1ccc(F)cc1. The van der Waals surface area contributed by atoms with Crippen LogP contribution in [-0.4, -0.2) is 21.3 Å². The summed E-state index contributed by atoms with van der Waals surface area (Å²) in [5.74, 6) is -0.363. The van der Waals surface area contributed by atoms with Gasteiger partial charge in [0.05, 0.1) is 11.7 Å². The first-order valence-corrected chi connectivity index (χ1v) is 8.73. The lowest BCUT2D eigenvalue weighted by molar-refractivity contribution is -0.120. The number of pyridine rings is 1. The molecule has 1 atom stereocenters. The molecule has 0 bridgehead atoms. The van der Waals surface area contributed by atoms with E-state index in [2.05, 4.69) is 10.3 Å². The summed E-state index contributed by atoms with van der Waals surface area (Å²) in [6, 6.07) is 12.2. The van der Waals surface area contributed by atoms with E-state index in [9.17, 15) is 9.18 Å². The molecule has 0 unspecified atom stereocenters. The van der Waals surface area contributed by atoms with Gasteiger partial charge in [0.25, 0.3) is 0 Å². The summed E-state index contributed by atoms with van der Waals surface area (Å²) < 4.78 is 15.2. The Labute approximate surface area is 143 Å². The second kappa shape index (κ2) is 6.28. The van der Waals surface area contributed by atoms with Crippen molar-refractivity contribution in [3.63, 3.8) is 0 Å². The molecular formula is C18H16FN3OS. The largest absolute Gasteiger partial charge is 0.352 e. The van der Waals surface area contributed by atoms with Crippen molar-refractivity contribution in [1.29, 1.82) is 0 Å². The van der Waals surface area contributed by atoms with Crippen LogP contribution in [0.3, 0.4) is 0 Å². The summed E-state index contributed by atoms with van der Waals surface area (Å²) >= 11 is 1.38. The molecule has 122 valence electrons.